The van der Waals surface area contributed by atoms with Gasteiger partial charge in [-0.15, -0.1) is 0 Å². The van der Waals surface area contributed by atoms with Gasteiger partial charge >= 0.3 is 0 Å². The number of nitrogens with one attached hydrogen (secondary N) is 2. The summed E-state index contributed by atoms with van der Waals surface area (Å²) in [5.41, 5.74) is 0.789. The molecular formula is C17H23N3O2S. The molecule has 0 aromatic heterocycles. The molecule has 1 heterocycles. The quantitative estimate of drug-likeness (QED) is 0.753. The number of nitrogens with zero attached hydrogens (tertiary/aromatic N) is 1. The fraction of sp³-hybridized carbons (Fsp3) is 0.412. The number of benzene rings is 1. The van der Waals surface area contributed by atoms with Crippen molar-refractivity contribution < 1.29 is 9.59 Å². The van der Waals surface area contributed by atoms with Gasteiger partial charge in [-0.1, -0.05) is 37.2 Å². The van der Waals surface area contributed by atoms with E-state index in [9.17, 15) is 9.59 Å². The summed E-state index contributed by atoms with van der Waals surface area (Å²) in [6.07, 6.45) is 3.70. The summed E-state index contributed by atoms with van der Waals surface area (Å²) in [6, 6.07) is 7.56. The van der Waals surface area contributed by atoms with E-state index in [1.807, 2.05) is 31.3 Å². The standard InChI is InChI=1S/C17H23N3O2S/c1-3-4-10-20(2)11-9-18-16(21)12-15-17(22)19-13-7-5-6-8-14(13)23-15/h5-8,12H,3-4,9-11H2,1-2H3,(H,18,21)(H,19,22). The molecule has 5 nitrogen and oxygen atoms in total. The van der Waals surface area contributed by atoms with Gasteiger partial charge in [-0.2, -0.15) is 0 Å². The van der Waals surface area contributed by atoms with Gasteiger partial charge in [-0.05, 0) is 32.1 Å². The third kappa shape index (κ3) is 5.41. The third-order valence-corrected chi connectivity index (χ3v) is 4.63. The summed E-state index contributed by atoms with van der Waals surface area (Å²) in [7, 11) is 2.04. The number of hydrogen-bond donors (Lipinski definition) is 2. The molecule has 1 aromatic carbocycles. The Morgan fingerprint density at radius 1 is 1.35 bits per heavy atom. The van der Waals surface area contributed by atoms with Crippen LogP contribution in [0.3, 0.4) is 0 Å². The number of carbonyl (C=O) groups is 2. The Bertz CT molecular complexity index is 601. The van der Waals surface area contributed by atoms with Crippen molar-refractivity contribution in [3.8, 4) is 0 Å². The second-order valence-corrected chi connectivity index (χ2v) is 6.59. The van der Waals surface area contributed by atoms with Gasteiger partial charge in [-0.3, -0.25) is 9.59 Å². The zero-order valence-electron chi connectivity index (χ0n) is 13.6. The summed E-state index contributed by atoms with van der Waals surface area (Å²) >= 11 is 1.32. The van der Waals surface area contributed by atoms with E-state index in [1.165, 1.54) is 17.8 Å². The average molecular weight is 333 g/mol. The second-order valence-electron chi connectivity index (χ2n) is 5.51. The highest BCUT2D eigenvalue weighted by atomic mass is 32.2. The minimum absolute atomic E-state index is 0.231. The number of unbranched alkanes of at least 4 members (excludes halogenated alkanes) is 1. The molecule has 124 valence electrons. The average Bonchev–Trinajstić information content (AvgIpc) is 2.53. The van der Waals surface area contributed by atoms with Crippen molar-refractivity contribution in [2.75, 3.05) is 32.0 Å². The van der Waals surface area contributed by atoms with E-state index in [0.29, 0.717) is 11.4 Å². The van der Waals surface area contributed by atoms with E-state index in [0.717, 1.165) is 36.5 Å². The number of anilines is 1. The van der Waals surface area contributed by atoms with E-state index >= 15 is 0 Å². The van der Waals surface area contributed by atoms with Crippen LogP contribution in [0.2, 0.25) is 0 Å². The molecule has 0 saturated heterocycles. The molecule has 0 atom stereocenters. The van der Waals surface area contributed by atoms with Crippen molar-refractivity contribution in [1.82, 2.24) is 10.2 Å². The van der Waals surface area contributed by atoms with Gasteiger partial charge in [0.25, 0.3) is 5.91 Å². The number of para-hydroxylation sites is 1. The lowest BCUT2D eigenvalue weighted by atomic mass is 10.3. The van der Waals surface area contributed by atoms with Crippen molar-refractivity contribution in [2.45, 2.75) is 24.7 Å². The maximum atomic E-state index is 12.0. The highest BCUT2D eigenvalue weighted by Crippen LogP contribution is 2.37. The van der Waals surface area contributed by atoms with Crippen LogP contribution in [0, 0.1) is 0 Å². The van der Waals surface area contributed by atoms with Gasteiger partial charge in [0.15, 0.2) is 0 Å². The van der Waals surface area contributed by atoms with Gasteiger partial charge in [0, 0.05) is 24.1 Å². The number of fused-ring (bicyclic) bond motifs is 1. The molecule has 2 rings (SSSR count). The van der Waals surface area contributed by atoms with Crippen molar-refractivity contribution in [1.29, 1.82) is 0 Å². The first-order valence-corrected chi connectivity index (χ1v) is 8.68. The van der Waals surface area contributed by atoms with Gasteiger partial charge < -0.3 is 15.5 Å². The Balaban J connectivity index is 1.84. The fourth-order valence-electron chi connectivity index (χ4n) is 2.18. The van der Waals surface area contributed by atoms with Crippen LogP contribution in [0.1, 0.15) is 19.8 Å². The summed E-state index contributed by atoms with van der Waals surface area (Å²) in [4.78, 5) is 27.5. The van der Waals surface area contributed by atoms with Crippen LogP contribution in [0.15, 0.2) is 40.1 Å². The first kappa shape index (κ1) is 17.6. The Morgan fingerprint density at radius 3 is 2.91 bits per heavy atom. The van der Waals surface area contributed by atoms with Crippen LogP contribution in [0.5, 0.6) is 0 Å². The lowest BCUT2D eigenvalue weighted by Gasteiger charge is -2.18. The zero-order valence-corrected chi connectivity index (χ0v) is 14.4. The molecule has 0 bridgehead atoms. The molecule has 23 heavy (non-hydrogen) atoms. The minimum atomic E-state index is -0.232. The maximum Gasteiger partial charge on any atom is 0.262 e. The molecular weight excluding hydrogens is 310 g/mol. The zero-order chi connectivity index (χ0) is 16.7. The maximum absolute atomic E-state index is 12.0. The van der Waals surface area contributed by atoms with E-state index in [-0.39, 0.29) is 11.8 Å². The van der Waals surface area contributed by atoms with Crippen molar-refractivity contribution >= 4 is 29.3 Å². The lowest BCUT2D eigenvalue weighted by molar-refractivity contribution is -0.117. The molecule has 0 saturated carbocycles. The Morgan fingerprint density at radius 2 is 2.13 bits per heavy atom. The number of thioether (sulfide) groups is 1. The van der Waals surface area contributed by atoms with Crippen LogP contribution in [0.25, 0.3) is 0 Å². The molecule has 0 unspecified atom stereocenters. The Hall–Kier alpha value is -1.79. The molecule has 0 fully saturated rings. The largest absolute Gasteiger partial charge is 0.351 e. The highest BCUT2D eigenvalue weighted by Gasteiger charge is 2.21. The molecule has 1 aliphatic heterocycles. The fourth-order valence-corrected chi connectivity index (χ4v) is 3.10. The molecule has 0 aliphatic carbocycles. The number of amides is 2. The highest BCUT2D eigenvalue weighted by molar-refractivity contribution is 8.04. The third-order valence-electron chi connectivity index (χ3n) is 3.53. The predicted molar refractivity (Wildman–Crippen MR) is 94.4 cm³/mol. The van der Waals surface area contributed by atoms with Gasteiger partial charge in [0.1, 0.15) is 0 Å². The molecule has 0 spiro atoms. The van der Waals surface area contributed by atoms with Crippen molar-refractivity contribution in [3.63, 3.8) is 0 Å². The first-order chi connectivity index (χ1) is 11.1. The van der Waals surface area contributed by atoms with Gasteiger partial charge in [0.2, 0.25) is 5.91 Å². The van der Waals surface area contributed by atoms with Crippen LogP contribution >= 0.6 is 11.8 Å². The topological polar surface area (TPSA) is 61.4 Å². The number of hydrogen-bond acceptors (Lipinski definition) is 4. The van der Waals surface area contributed by atoms with Crippen LogP contribution in [-0.4, -0.2) is 43.4 Å². The molecule has 2 amide bonds. The first-order valence-electron chi connectivity index (χ1n) is 7.86. The van der Waals surface area contributed by atoms with E-state index in [2.05, 4.69) is 22.5 Å². The number of carbonyl (C=O) groups excluding carboxylic acids is 2. The summed E-state index contributed by atoms with van der Waals surface area (Å²) in [5.74, 6) is -0.463. The Kier molecular flexibility index (Phi) is 6.67. The smallest absolute Gasteiger partial charge is 0.262 e. The second kappa shape index (κ2) is 8.74. The molecule has 0 radical (unpaired) electrons. The summed E-state index contributed by atoms with van der Waals surface area (Å²) in [5, 5.41) is 5.63. The summed E-state index contributed by atoms with van der Waals surface area (Å²) < 4.78 is 0. The van der Waals surface area contributed by atoms with E-state index in [4.69, 9.17) is 0 Å². The van der Waals surface area contributed by atoms with E-state index in [1.54, 1.807) is 0 Å². The van der Waals surface area contributed by atoms with Crippen LogP contribution in [0.4, 0.5) is 5.69 Å². The number of rotatable bonds is 7. The Labute approximate surface area is 141 Å². The van der Waals surface area contributed by atoms with Gasteiger partial charge in [0.05, 0.1) is 10.6 Å². The lowest BCUT2D eigenvalue weighted by Crippen LogP contribution is -2.33. The molecule has 1 aromatic rings. The van der Waals surface area contributed by atoms with Gasteiger partial charge in [-0.25, -0.2) is 0 Å². The molecule has 6 heteroatoms. The summed E-state index contributed by atoms with van der Waals surface area (Å²) in [6.45, 7) is 4.57. The monoisotopic (exact) mass is 333 g/mol. The van der Waals surface area contributed by atoms with E-state index < -0.39 is 0 Å². The number of likely N-dealkylation sites (N-methyl/N-ethyl adjacent to an activating group) is 1. The van der Waals surface area contributed by atoms with Crippen LogP contribution < -0.4 is 10.6 Å². The SMILES string of the molecule is CCCCN(C)CCNC(=O)C=C1Sc2ccccc2NC1=O. The minimum Gasteiger partial charge on any atom is -0.351 e. The molecule has 1 aliphatic rings. The van der Waals surface area contributed by atoms with Crippen molar-refractivity contribution in [2.24, 2.45) is 0 Å². The molecule has 2 N–H and O–H groups in total. The van der Waals surface area contributed by atoms with Crippen LogP contribution in [-0.2, 0) is 9.59 Å². The predicted octanol–water partition coefficient (Wildman–Crippen LogP) is 2.46. The normalized spacial score (nSPS) is 15.4. The van der Waals surface area contributed by atoms with Crippen molar-refractivity contribution in [3.05, 3.63) is 35.2 Å².